The molecule has 1 saturated carbocycles. The molecule has 0 spiro atoms. The highest BCUT2D eigenvalue weighted by molar-refractivity contribution is 6.30. The minimum Gasteiger partial charge on any atom is -0.341 e. The van der Waals surface area contributed by atoms with Crippen LogP contribution in [0.2, 0.25) is 5.02 Å². The van der Waals surface area contributed by atoms with Crippen LogP contribution in [-0.2, 0) is 10.2 Å². The van der Waals surface area contributed by atoms with Gasteiger partial charge in [-0.1, -0.05) is 23.7 Å². The summed E-state index contributed by atoms with van der Waals surface area (Å²) >= 11 is 5.95. The van der Waals surface area contributed by atoms with Crippen LogP contribution in [0.1, 0.15) is 18.4 Å². The Balaban J connectivity index is 0.00000132. The summed E-state index contributed by atoms with van der Waals surface area (Å²) in [6, 6.07) is 7.83. The fraction of sp³-hybridized carbons (Fsp3) is 0.562. The van der Waals surface area contributed by atoms with Crippen molar-refractivity contribution < 1.29 is 4.79 Å². The Bertz CT molecular complexity index is 530. The summed E-state index contributed by atoms with van der Waals surface area (Å²) in [5.41, 5.74) is 0.901. The van der Waals surface area contributed by atoms with E-state index >= 15 is 0 Å². The Morgan fingerprint density at radius 1 is 1.14 bits per heavy atom. The first-order valence-corrected chi connectivity index (χ1v) is 7.83. The number of likely N-dealkylation sites (tertiary alicyclic amines) is 1. The molecule has 0 radical (unpaired) electrons. The van der Waals surface area contributed by atoms with Crippen molar-refractivity contribution in [1.29, 1.82) is 0 Å². The van der Waals surface area contributed by atoms with Gasteiger partial charge in [0.2, 0.25) is 5.91 Å². The van der Waals surface area contributed by atoms with Gasteiger partial charge in [-0.15, -0.1) is 12.4 Å². The Morgan fingerprint density at radius 3 is 2.24 bits per heavy atom. The number of hydrogen-bond acceptors (Lipinski definition) is 2. The number of amides is 1. The summed E-state index contributed by atoms with van der Waals surface area (Å²) in [5, 5.41) is 4.16. The molecule has 3 nitrogen and oxygen atoms in total. The summed E-state index contributed by atoms with van der Waals surface area (Å²) in [6.45, 7) is 4.02. The van der Waals surface area contributed by atoms with Gasteiger partial charge in [-0.2, -0.15) is 0 Å². The normalized spacial score (nSPS) is 28.9. The molecule has 5 heteroatoms. The van der Waals surface area contributed by atoms with E-state index in [9.17, 15) is 4.79 Å². The summed E-state index contributed by atoms with van der Waals surface area (Å²) in [4.78, 5) is 15.0. The van der Waals surface area contributed by atoms with Gasteiger partial charge in [-0.25, -0.2) is 0 Å². The van der Waals surface area contributed by atoms with Gasteiger partial charge in [0.15, 0.2) is 0 Å². The smallest absolute Gasteiger partial charge is 0.233 e. The van der Waals surface area contributed by atoms with Crippen LogP contribution in [-0.4, -0.2) is 37.0 Å². The molecule has 21 heavy (non-hydrogen) atoms. The average molecular weight is 327 g/mol. The highest BCUT2D eigenvalue weighted by Gasteiger charge is 2.54. The van der Waals surface area contributed by atoms with Gasteiger partial charge in [0.05, 0.1) is 5.41 Å². The Morgan fingerprint density at radius 2 is 1.71 bits per heavy atom. The molecule has 0 bridgehead atoms. The average Bonchev–Trinajstić information content (AvgIpc) is 2.97. The molecule has 2 aliphatic heterocycles. The number of hydrogen-bond donors (Lipinski definition) is 1. The van der Waals surface area contributed by atoms with Crippen LogP contribution in [0.4, 0.5) is 0 Å². The molecule has 1 aliphatic carbocycles. The number of carbonyl (C=O) groups is 1. The third kappa shape index (κ3) is 2.45. The van der Waals surface area contributed by atoms with Crippen LogP contribution in [0.15, 0.2) is 24.3 Å². The van der Waals surface area contributed by atoms with Gasteiger partial charge < -0.3 is 10.2 Å². The lowest BCUT2D eigenvalue weighted by molar-refractivity contribution is -0.133. The third-order valence-corrected chi connectivity index (χ3v) is 5.48. The van der Waals surface area contributed by atoms with Gasteiger partial charge in [0, 0.05) is 31.2 Å². The monoisotopic (exact) mass is 326 g/mol. The number of rotatable bonds is 2. The van der Waals surface area contributed by atoms with Crippen LogP contribution in [0.25, 0.3) is 0 Å². The standard InChI is InChI=1S/C16H19ClN2O.ClH/c17-14-3-1-13(2-4-14)16(5-6-16)15(20)19-9-11-7-18-8-12(11)10-19;/h1-4,11-12,18H,5-10H2;1H/t11-,12+;. The highest BCUT2D eigenvalue weighted by Crippen LogP contribution is 2.50. The third-order valence-electron chi connectivity index (χ3n) is 5.23. The molecule has 2 heterocycles. The second-order valence-electron chi connectivity index (χ2n) is 6.48. The molecule has 1 amide bonds. The Labute approximate surface area is 136 Å². The van der Waals surface area contributed by atoms with Crippen LogP contribution in [0.5, 0.6) is 0 Å². The molecule has 2 atom stereocenters. The van der Waals surface area contributed by atoms with Gasteiger partial charge in [-0.05, 0) is 42.4 Å². The second kappa shape index (κ2) is 5.45. The Hall–Kier alpha value is -0.770. The van der Waals surface area contributed by atoms with E-state index in [1.165, 1.54) is 0 Å². The molecule has 2 saturated heterocycles. The largest absolute Gasteiger partial charge is 0.341 e. The van der Waals surface area contributed by atoms with Crippen molar-refractivity contribution in [2.24, 2.45) is 11.8 Å². The fourth-order valence-electron chi connectivity index (χ4n) is 3.84. The first-order valence-electron chi connectivity index (χ1n) is 7.45. The molecular formula is C16H20Cl2N2O. The summed E-state index contributed by atoms with van der Waals surface area (Å²) in [6.07, 6.45) is 1.97. The van der Waals surface area contributed by atoms with E-state index in [1.807, 2.05) is 24.3 Å². The number of nitrogens with zero attached hydrogens (tertiary/aromatic N) is 1. The zero-order valence-corrected chi connectivity index (χ0v) is 13.4. The lowest BCUT2D eigenvalue weighted by Gasteiger charge is -2.24. The number of halogens is 2. The molecule has 1 N–H and O–H groups in total. The molecule has 0 unspecified atom stereocenters. The minimum absolute atomic E-state index is 0. The minimum atomic E-state index is -0.239. The summed E-state index contributed by atoms with van der Waals surface area (Å²) in [7, 11) is 0. The van der Waals surface area contributed by atoms with Crippen molar-refractivity contribution in [3.63, 3.8) is 0 Å². The van der Waals surface area contributed by atoms with E-state index in [4.69, 9.17) is 11.6 Å². The quantitative estimate of drug-likeness (QED) is 0.905. The maximum atomic E-state index is 12.9. The molecule has 4 rings (SSSR count). The first-order chi connectivity index (χ1) is 9.69. The molecule has 1 aromatic carbocycles. The maximum absolute atomic E-state index is 12.9. The summed E-state index contributed by atoms with van der Waals surface area (Å²) < 4.78 is 0. The molecular weight excluding hydrogens is 307 g/mol. The lowest BCUT2D eigenvalue weighted by Crippen LogP contribution is -2.39. The SMILES string of the molecule is Cl.O=C(N1C[C@H]2CNC[C@H]2C1)C1(c2ccc(Cl)cc2)CC1. The highest BCUT2D eigenvalue weighted by atomic mass is 35.5. The predicted octanol–water partition coefficient (Wildman–Crippen LogP) is 2.47. The van der Waals surface area contributed by atoms with Crippen LogP contribution >= 0.6 is 24.0 Å². The van der Waals surface area contributed by atoms with Gasteiger partial charge in [-0.3, -0.25) is 4.79 Å². The van der Waals surface area contributed by atoms with Crippen LogP contribution in [0, 0.1) is 11.8 Å². The maximum Gasteiger partial charge on any atom is 0.233 e. The number of carbonyl (C=O) groups excluding carboxylic acids is 1. The van der Waals surface area contributed by atoms with Crippen molar-refractivity contribution in [2.75, 3.05) is 26.2 Å². The van der Waals surface area contributed by atoms with E-state index in [1.54, 1.807) is 0 Å². The second-order valence-corrected chi connectivity index (χ2v) is 6.91. The molecule has 3 fully saturated rings. The van der Waals surface area contributed by atoms with Crippen molar-refractivity contribution in [2.45, 2.75) is 18.3 Å². The molecule has 1 aromatic rings. The van der Waals surface area contributed by atoms with Crippen LogP contribution < -0.4 is 5.32 Å². The van der Waals surface area contributed by atoms with E-state index in [0.717, 1.165) is 49.6 Å². The van der Waals surface area contributed by atoms with E-state index in [2.05, 4.69) is 10.2 Å². The van der Waals surface area contributed by atoms with E-state index in [-0.39, 0.29) is 17.8 Å². The zero-order chi connectivity index (χ0) is 13.7. The van der Waals surface area contributed by atoms with E-state index < -0.39 is 0 Å². The van der Waals surface area contributed by atoms with Crippen molar-refractivity contribution >= 4 is 29.9 Å². The first kappa shape index (κ1) is 15.1. The van der Waals surface area contributed by atoms with Crippen LogP contribution in [0.3, 0.4) is 0 Å². The predicted molar refractivity (Wildman–Crippen MR) is 86.0 cm³/mol. The lowest BCUT2D eigenvalue weighted by atomic mass is 9.94. The number of nitrogens with one attached hydrogen (secondary N) is 1. The summed E-state index contributed by atoms with van der Waals surface area (Å²) in [5.74, 6) is 1.68. The topological polar surface area (TPSA) is 32.3 Å². The van der Waals surface area contributed by atoms with Gasteiger partial charge in [0.1, 0.15) is 0 Å². The Kier molecular flexibility index (Phi) is 3.93. The van der Waals surface area contributed by atoms with Gasteiger partial charge in [0.25, 0.3) is 0 Å². The molecule has 3 aliphatic rings. The van der Waals surface area contributed by atoms with Crippen molar-refractivity contribution in [1.82, 2.24) is 10.2 Å². The number of fused-ring (bicyclic) bond motifs is 1. The van der Waals surface area contributed by atoms with Crippen molar-refractivity contribution in [3.8, 4) is 0 Å². The molecule has 114 valence electrons. The van der Waals surface area contributed by atoms with Gasteiger partial charge >= 0.3 is 0 Å². The zero-order valence-electron chi connectivity index (χ0n) is 11.8. The molecule has 0 aromatic heterocycles. The van der Waals surface area contributed by atoms with E-state index in [0.29, 0.717) is 17.7 Å². The fourth-order valence-corrected chi connectivity index (χ4v) is 3.97. The van der Waals surface area contributed by atoms with Crippen molar-refractivity contribution in [3.05, 3.63) is 34.9 Å². The number of benzene rings is 1.